The number of benzene rings is 1. The Balaban J connectivity index is 2.56. The van der Waals surface area contributed by atoms with Gasteiger partial charge in [0.05, 0.1) is 6.61 Å². The zero-order valence-corrected chi connectivity index (χ0v) is 16.2. The van der Waals surface area contributed by atoms with Gasteiger partial charge in [-0.15, -0.1) is 0 Å². The van der Waals surface area contributed by atoms with Crippen molar-refractivity contribution in [1.82, 2.24) is 0 Å². The predicted octanol–water partition coefficient (Wildman–Crippen LogP) is 4.78. The number of rotatable bonds is 13. The van der Waals surface area contributed by atoms with Crippen LogP contribution in [0.1, 0.15) is 64.9 Å². The summed E-state index contributed by atoms with van der Waals surface area (Å²) in [5, 5.41) is 18.9. The number of unbranched alkanes of at least 4 members (excludes halogenated alkanes) is 4. The minimum atomic E-state index is -1.76. The summed E-state index contributed by atoms with van der Waals surface area (Å²) in [5.74, 6) is -2.25. The minimum Gasteiger partial charge on any atom is -0.494 e. The van der Waals surface area contributed by atoms with E-state index in [-0.39, 0.29) is 6.42 Å². The molecule has 0 aliphatic carbocycles. The van der Waals surface area contributed by atoms with E-state index < -0.39 is 23.3 Å². The monoisotopic (exact) mass is 364 g/mol. The fourth-order valence-electron chi connectivity index (χ4n) is 3.08. The molecule has 0 aliphatic rings. The molecule has 0 spiro atoms. The number of aryl methyl sites for hydroxylation is 1. The topological polar surface area (TPSA) is 83.8 Å². The molecule has 146 valence electrons. The van der Waals surface area contributed by atoms with Crippen molar-refractivity contribution in [2.45, 2.75) is 65.7 Å². The first kappa shape index (κ1) is 22.0. The molecule has 0 amide bonds. The molecular formula is C21H32O5. The van der Waals surface area contributed by atoms with Gasteiger partial charge >= 0.3 is 11.9 Å². The summed E-state index contributed by atoms with van der Waals surface area (Å²) in [5.41, 5.74) is -0.846. The number of ether oxygens (including phenoxy) is 1. The van der Waals surface area contributed by atoms with E-state index in [2.05, 4.69) is 6.92 Å². The Kier molecular flexibility index (Phi) is 9.17. The van der Waals surface area contributed by atoms with Crippen LogP contribution in [0.2, 0.25) is 0 Å². The van der Waals surface area contributed by atoms with Crippen molar-refractivity contribution >= 4 is 11.9 Å². The van der Waals surface area contributed by atoms with Gasteiger partial charge in [-0.2, -0.15) is 0 Å². The summed E-state index contributed by atoms with van der Waals surface area (Å²) in [7, 11) is 0. The van der Waals surface area contributed by atoms with E-state index in [0.717, 1.165) is 17.7 Å². The summed E-state index contributed by atoms with van der Waals surface area (Å²) in [4.78, 5) is 23.2. The van der Waals surface area contributed by atoms with Crippen molar-refractivity contribution in [3.05, 3.63) is 29.8 Å². The van der Waals surface area contributed by atoms with Crippen LogP contribution in [-0.2, 0) is 16.0 Å². The SMILES string of the molecule is CCCCCCCOc1ccc(CCC(C(=O)O)(C(=O)O)C(C)C)cc1. The number of carboxylic acid groups (broad SMARTS) is 2. The second-order valence-electron chi connectivity index (χ2n) is 7.14. The van der Waals surface area contributed by atoms with Gasteiger partial charge in [-0.3, -0.25) is 9.59 Å². The van der Waals surface area contributed by atoms with Crippen LogP contribution in [0.25, 0.3) is 0 Å². The van der Waals surface area contributed by atoms with Gasteiger partial charge in [-0.05, 0) is 42.9 Å². The Labute approximate surface area is 156 Å². The molecule has 0 atom stereocenters. The molecule has 0 bridgehead atoms. The molecule has 0 heterocycles. The summed E-state index contributed by atoms with van der Waals surface area (Å²) < 4.78 is 5.71. The van der Waals surface area contributed by atoms with Crippen molar-refractivity contribution in [1.29, 1.82) is 0 Å². The Morgan fingerprint density at radius 2 is 1.58 bits per heavy atom. The van der Waals surface area contributed by atoms with Crippen molar-refractivity contribution in [2.24, 2.45) is 11.3 Å². The normalized spacial score (nSPS) is 11.5. The highest BCUT2D eigenvalue weighted by Crippen LogP contribution is 2.34. The van der Waals surface area contributed by atoms with Gasteiger partial charge in [0.1, 0.15) is 5.75 Å². The fourth-order valence-corrected chi connectivity index (χ4v) is 3.08. The zero-order chi connectivity index (χ0) is 19.6. The highest BCUT2D eigenvalue weighted by atomic mass is 16.5. The molecule has 0 radical (unpaired) electrons. The van der Waals surface area contributed by atoms with Crippen LogP contribution in [0.15, 0.2) is 24.3 Å². The maximum absolute atomic E-state index is 11.6. The molecule has 26 heavy (non-hydrogen) atoms. The second-order valence-corrected chi connectivity index (χ2v) is 7.14. The lowest BCUT2D eigenvalue weighted by Gasteiger charge is -2.28. The van der Waals surface area contributed by atoms with Crippen LogP contribution >= 0.6 is 0 Å². The lowest BCUT2D eigenvalue weighted by atomic mass is 9.73. The summed E-state index contributed by atoms with van der Waals surface area (Å²) in [6.07, 6.45) is 6.40. The molecule has 0 saturated heterocycles. The lowest BCUT2D eigenvalue weighted by Crippen LogP contribution is -2.44. The first-order chi connectivity index (χ1) is 12.3. The quantitative estimate of drug-likeness (QED) is 0.389. The molecular weight excluding hydrogens is 332 g/mol. The average Bonchev–Trinajstić information content (AvgIpc) is 2.58. The van der Waals surface area contributed by atoms with Gasteiger partial charge in [0.25, 0.3) is 0 Å². The molecule has 0 fully saturated rings. The number of aliphatic carboxylic acids is 2. The maximum Gasteiger partial charge on any atom is 0.321 e. The lowest BCUT2D eigenvalue weighted by molar-refractivity contribution is -0.169. The van der Waals surface area contributed by atoms with Gasteiger partial charge in [-0.1, -0.05) is 58.6 Å². The van der Waals surface area contributed by atoms with Crippen LogP contribution in [0.4, 0.5) is 0 Å². The molecule has 5 nitrogen and oxygen atoms in total. The largest absolute Gasteiger partial charge is 0.494 e. The van der Waals surface area contributed by atoms with Crippen molar-refractivity contribution in [3.8, 4) is 5.75 Å². The highest BCUT2D eigenvalue weighted by molar-refractivity contribution is 5.98. The summed E-state index contributed by atoms with van der Waals surface area (Å²) in [6, 6.07) is 7.47. The van der Waals surface area contributed by atoms with E-state index >= 15 is 0 Å². The van der Waals surface area contributed by atoms with E-state index in [1.807, 2.05) is 24.3 Å². The third kappa shape index (κ3) is 6.04. The van der Waals surface area contributed by atoms with Crippen molar-refractivity contribution in [2.75, 3.05) is 6.61 Å². The number of hydrogen-bond donors (Lipinski definition) is 2. The molecule has 1 rings (SSSR count). The standard InChI is InChI=1S/C21H32O5/c1-4-5-6-7-8-15-26-18-11-9-17(10-12-18)13-14-21(16(2)3,19(22)23)20(24)25/h9-12,16H,4-8,13-15H2,1-3H3,(H,22,23)(H,24,25). The smallest absolute Gasteiger partial charge is 0.321 e. The fraction of sp³-hybridized carbons (Fsp3) is 0.619. The van der Waals surface area contributed by atoms with Gasteiger partial charge in [0.2, 0.25) is 0 Å². The highest BCUT2D eigenvalue weighted by Gasteiger charge is 2.48. The Bertz CT molecular complexity index is 548. The first-order valence-electron chi connectivity index (χ1n) is 9.53. The van der Waals surface area contributed by atoms with E-state index in [0.29, 0.717) is 13.0 Å². The van der Waals surface area contributed by atoms with Crippen molar-refractivity contribution in [3.63, 3.8) is 0 Å². The number of hydrogen-bond acceptors (Lipinski definition) is 3. The van der Waals surface area contributed by atoms with E-state index in [4.69, 9.17) is 4.74 Å². The van der Waals surface area contributed by atoms with Crippen LogP contribution in [0.5, 0.6) is 5.75 Å². The molecule has 5 heteroatoms. The van der Waals surface area contributed by atoms with Crippen LogP contribution in [0, 0.1) is 11.3 Å². The van der Waals surface area contributed by atoms with E-state index in [9.17, 15) is 19.8 Å². The van der Waals surface area contributed by atoms with Crippen LogP contribution < -0.4 is 4.74 Å². The Morgan fingerprint density at radius 1 is 1.00 bits per heavy atom. The predicted molar refractivity (Wildman–Crippen MR) is 102 cm³/mol. The third-order valence-corrected chi connectivity index (χ3v) is 5.00. The molecule has 0 aromatic heterocycles. The summed E-state index contributed by atoms with van der Waals surface area (Å²) in [6.45, 7) is 6.16. The average molecular weight is 364 g/mol. The zero-order valence-electron chi connectivity index (χ0n) is 16.2. The second kappa shape index (κ2) is 10.8. The molecule has 0 saturated carbocycles. The molecule has 0 aliphatic heterocycles. The maximum atomic E-state index is 11.6. The number of carboxylic acids is 2. The van der Waals surface area contributed by atoms with E-state index in [1.165, 1.54) is 25.7 Å². The Morgan fingerprint density at radius 3 is 2.08 bits per heavy atom. The van der Waals surface area contributed by atoms with Crippen LogP contribution in [0.3, 0.4) is 0 Å². The first-order valence-corrected chi connectivity index (χ1v) is 9.53. The third-order valence-electron chi connectivity index (χ3n) is 5.00. The minimum absolute atomic E-state index is 0.0625. The van der Waals surface area contributed by atoms with Crippen molar-refractivity contribution < 1.29 is 24.5 Å². The Hall–Kier alpha value is -2.04. The van der Waals surface area contributed by atoms with Gasteiger partial charge in [0.15, 0.2) is 5.41 Å². The molecule has 1 aromatic carbocycles. The molecule has 0 unspecified atom stereocenters. The van der Waals surface area contributed by atoms with Crippen LogP contribution in [-0.4, -0.2) is 28.8 Å². The van der Waals surface area contributed by atoms with E-state index in [1.54, 1.807) is 13.8 Å². The van der Waals surface area contributed by atoms with Gasteiger partial charge < -0.3 is 14.9 Å². The molecule has 1 aromatic rings. The van der Waals surface area contributed by atoms with Gasteiger partial charge in [0, 0.05) is 0 Å². The molecule has 2 N–H and O–H groups in total. The number of carbonyl (C=O) groups is 2. The summed E-state index contributed by atoms with van der Waals surface area (Å²) >= 11 is 0. The van der Waals surface area contributed by atoms with Gasteiger partial charge in [-0.25, -0.2) is 0 Å².